The van der Waals surface area contributed by atoms with Crippen LogP contribution in [0, 0.1) is 0 Å². The summed E-state index contributed by atoms with van der Waals surface area (Å²) in [5.41, 5.74) is 4.15. The molecule has 2 aromatic rings. The Labute approximate surface area is 172 Å². The quantitative estimate of drug-likeness (QED) is 0.795. The van der Waals surface area contributed by atoms with Gasteiger partial charge in [-0.2, -0.15) is 0 Å². The van der Waals surface area contributed by atoms with Gasteiger partial charge in [0.15, 0.2) is 0 Å². The minimum absolute atomic E-state index is 0.0645. The summed E-state index contributed by atoms with van der Waals surface area (Å²) in [6, 6.07) is 16.0. The Morgan fingerprint density at radius 3 is 2.55 bits per heavy atom. The van der Waals surface area contributed by atoms with Crippen molar-refractivity contribution in [2.45, 2.75) is 44.7 Å². The summed E-state index contributed by atoms with van der Waals surface area (Å²) in [7, 11) is 0. The molecule has 4 rings (SSSR count). The molecular formula is C24H29N3O2. The van der Waals surface area contributed by atoms with Gasteiger partial charge in [-0.15, -0.1) is 0 Å². The Kier molecular flexibility index (Phi) is 6.25. The molecule has 0 aromatic heterocycles. The van der Waals surface area contributed by atoms with Gasteiger partial charge in [0.05, 0.1) is 0 Å². The lowest BCUT2D eigenvalue weighted by atomic mass is 9.91. The molecule has 5 heteroatoms. The van der Waals surface area contributed by atoms with E-state index in [2.05, 4.69) is 22.8 Å². The van der Waals surface area contributed by atoms with Crippen molar-refractivity contribution < 1.29 is 9.59 Å². The maximum absolute atomic E-state index is 12.6. The number of hydrogen-bond donors (Lipinski definition) is 2. The van der Waals surface area contributed by atoms with Crippen LogP contribution in [-0.2, 0) is 17.9 Å². The van der Waals surface area contributed by atoms with Gasteiger partial charge in [0.2, 0.25) is 5.91 Å². The molecule has 29 heavy (non-hydrogen) atoms. The van der Waals surface area contributed by atoms with Crippen molar-refractivity contribution in [2.24, 2.45) is 0 Å². The van der Waals surface area contributed by atoms with E-state index in [1.54, 1.807) is 0 Å². The van der Waals surface area contributed by atoms with E-state index in [4.69, 9.17) is 0 Å². The fourth-order valence-electron chi connectivity index (χ4n) is 4.28. The van der Waals surface area contributed by atoms with Crippen LogP contribution in [0.4, 0.5) is 0 Å². The lowest BCUT2D eigenvalue weighted by Crippen LogP contribution is -2.28. The van der Waals surface area contributed by atoms with Gasteiger partial charge in [0.1, 0.15) is 0 Å². The van der Waals surface area contributed by atoms with Crippen molar-refractivity contribution >= 4 is 11.8 Å². The number of benzene rings is 2. The van der Waals surface area contributed by atoms with Crippen LogP contribution < -0.4 is 10.6 Å². The number of amides is 2. The standard InChI is InChI=1S/C24H29N3O2/c28-23-8-4-14-27(23)17-22-6-2-1-5-21(22)16-26-24(29)19-11-9-18(10-12-19)20-7-3-13-25-15-20/h1-2,5-6,9-12,20,25H,3-4,7-8,13-17H2,(H,26,29). The fourth-order valence-corrected chi connectivity index (χ4v) is 4.28. The molecule has 152 valence electrons. The van der Waals surface area contributed by atoms with Crippen LogP contribution in [0.15, 0.2) is 48.5 Å². The van der Waals surface area contributed by atoms with Gasteiger partial charge < -0.3 is 15.5 Å². The van der Waals surface area contributed by atoms with E-state index in [1.165, 1.54) is 18.4 Å². The number of nitrogens with zero attached hydrogens (tertiary/aromatic N) is 1. The van der Waals surface area contributed by atoms with Crippen molar-refractivity contribution in [3.63, 3.8) is 0 Å². The molecule has 2 aliphatic rings. The molecule has 1 unspecified atom stereocenters. The molecule has 0 saturated carbocycles. The van der Waals surface area contributed by atoms with Crippen LogP contribution in [0.2, 0.25) is 0 Å². The highest BCUT2D eigenvalue weighted by atomic mass is 16.2. The zero-order chi connectivity index (χ0) is 20.1. The maximum Gasteiger partial charge on any atom is 0.251 e. The lowest BCUT2D eigenvalue weighted by molar-refractivity contribution is -0.128. The summed E-state index contributed by atoms with van der Waals surface area (Å²) in [5, 5.41) is 6.48. The van der Waals surface area contributed by atoms with E-state index in [-0.39, 0.29) is 11.8 Å². The highest BCUT2D eigenvalue weighted by molar-refractivity contribution is 5.94. The van der Waals surface area contributed by atoms with Crippen molar-refractivity contribution in [3.05, 3.63) is 70.8 Å². The van der Waals surface area contributed by atoms with Gasteiger partial charge in [0.25, 0.3) is 5.91 Å². The van der Waals surface area contributed by atoms with Crippen LogP contribution in [-0.4, -0.2) is 36.3 Å². The molecule has 2 aliphatic heterocycles. The first-order valence-electron chi connectivity index (χ1n) is 10.6. The van der Waals surface area contributed by atoms with Crippen LogP contribution in [0.5, 0.6) is 0 Å². The second-order valence-electron chi connectivity index (χ2n) is 8.04. The van der Waals surface area contributed by atoms with Gasteiger partial charge in [-0.25, -0.2) is 0 Å². The Bertz CT molecular complexity index is 857. The van der Waals surface area contributed by atoms with Gasteiger partial charge in [-0.1, -0.05) is 36.4 Å². The molecule has 2 heterocycles. The largest absolute Gasteiger partial charge is 0.348 e. The van der Waals surface area contributed by atoms with Gasteiger partial charge >= 0.3 is 0 Å². The van der Waals surface area contributed by atoms with Crippen molar-refractivity contribution in [1.29, 1.82) is 0 Å². The molecule has 2 saturated heterocycles. The minimum atomic E-state index is -0.0645. The first-order chi connectivity index (χ1) is 14.2. The van der Waals surface area contributed by atoms with Crippen LogP contribution in [0.1, 0.15) is 58.6 Å². The van der Waals surface area contributed by atoms with E-state index < -0.39 is 0 Å². The highest BCUT2D eigenvalue weighted by Gasteiger charge is 2.21. The smallest absolute Gasteiger partial charge is 0.251 e. The molecule has 0 bridgehead atoms. The SMILES string of the molecule is O=C(NCc1ccccc1CN1CCCC1=O)c1ccc(C2CCCNC2)cc1. The average molecular weight is 392 g/mol. The Balaban J connectivity index is 1.36. The highest BCUT2D eigenvalue weighted by Crippen LogP contribution is 2.23. The topological polar surface area (TPSA) is 61.4 Å². The molecule has 2 aromatic carbocycles. The normalized spacial score (nSPS) is 19.4. The molecule has 5 nitrogen and oxygen atoms in total. The van der Waals surface area contributed by atoms with Crippen LogP contribution >= 0.6 is 0 Å². The van der Waals surface area contributed by atoms with E-state index in [0.717, 1.165) is 37.2 Å². The molecule has 2 N–H and O–H groups in total. The van der Waals surface area contributed by atoms with Gasteiger partial charge in [0, 0.05) is 38.2 Å². The van der Waals surface area contributed by atoms with Crippen molar-refractivity contribution in [3.8, 4) is 0 Å². The molecule has 0 aliphatic carbocycles. The Morgan fingerprint density at radius 1 is 1.07 bits per heavy atom. The summed E-state index contributed by atoms with van der Waals surface area (Å²) < 4.78 is 0. The number of piperidine rings is 1. The number of nitrogens with one attached hydrogen (secondary N) is 2. The molecular weight excluding hydrogens is 362 g/mol. The van der Waals surface area contributed by atoms with Crippen LogP contribution in [0.25, 0.3) is 0 Å². The molecule has 0 radical (unpaired) electrons. The monoisotopic (exact) mass is 391 g/mol. The van der Waals surface area contributed by atoms with Crippen LogP contribution in [0.3, 0.4) is 0 Å². The molecule has 2 amide bonds. The summed E-state index contributed by atoms with van der Waals surface area (Å²) in [4.78, 5) is 26.5. The fraction of sp³-hybridized carbons (Fsp3) is 0.417. The van der Waals surface area contributed by atoms with Gasteiger partial charge in [-0.3, -0.25) is 9.59 Å². The number of carbonyl (C=O) groups excluding carboxylic acids is 2. The average Bonchev–Trinajstić information content (AvgIpc) is 3.18. The number of rotatable bonds is 6. The number of hydrogen-bond acceptors (Lipinski definition) is 3. The van der Waals surface area contributed by atoms with E-state index in [9.17, 15) is 9.59 Å². The zero-order valence-corrected chi connectivity index (χ0v) is 16.8. The van der Waals surface area contributed by atoms with Crippen molar-refractivity contribution in [1.82, 2.24) is 15.5 Å². The Hall–Kier alpha value is -2.66. The number of likely N-dealkylation sites (tertiary alicyclic amines) is 1. The van der Waals surface area contributed by atoms with E-state index >= 15 is 0 Å². The zero-order valence-electron chi connectivity index (χ0n) is 16.8. The first kappa shape index (κ1) is 19.6. The second kappa shape index (κ2) is 9.23. The minimum Gasteiger partial charge on any atom is -0.348 e. The maximum atomic E-state index is 12.6. The third-order valence-electron chi connectivity index (χ3n) is 6.03. The second-order valence-corrected chi connectivity index (χ2v) is 8.04. The molecule has 1 atom stereocenters. The molecule has 0 spiro atoms. The Morgan fingerprint density at radius 2 is 1.86 bits per heavy atom. The van der Waals surface area contributed by atoms with E-state index in [1.807, 2.05) is 41.3 Å². The summed E-state index contributed by atoms with van der Waals surface area (Å²) >= 11 is 0. The third-order valence-corrected chi connectivity index (χ3v) is 6.03. The predicted molar refractivity (Wildman–Crippen MR) is 114 cm³/mol. The van der Waals surface area contributed by atoms with Crippen molar-refractivity contribution in [2.75, 3.05) is 19.6 Å². The number of carbonyl (C=O) groups is 2. The summed E-state index contributed by atoms with van der Waals surface area (Å²) in [6.07, 6.45) is 3.99. The summed E-state index contributed by atoms with van der Waals surface area (Å²) in [5.74, 6) is 0.698. The van der Waals surface area contributed by atoms with E-state index in [0.29, 0.717) is 31.0 Å². The lowest BCUT2D eigenvalue weighted by Gasteiger charge is -2.23. The third kappa shape index (κ3) is 4.85. The predicted octanol–water partition coefficient (Wildman–Crippen LogP) is 3.21. The summed E-state index contributed by atoms with van der Waals surface area (Å²) in [6.45, 7) is 4.02. The van der Waals surface area contributed by atoms with Gasteiger partial charge in [-0.05, 0) is 60.5 Å². The first-order valence-corrected chi connectivity index (χ1v) is 10.6. The molecule has 2 fully saturated rings.